The molecule has 4 nitrogen and oxygen atoms in total. The van der Waals surface area contributed by atoms with Gasteiger partial charge in [-0.2, -0.15) is 0 Å². The van der Waals surface area contributed by atoms with Crippen molar-refractivity contribution in [3.63, 3.8) is 0 Å². The summed E-state index contributed by atoms with van der Waals surface area (Å²) in [6, 6.07) is 6.74. The second-order valence-corrected chi connectivity index (χ2v) is 4.72. The first-order chi connectivity index (χ1) is 8.95. The Labute approximate surface area is 114 Å². The van der Waals surface area contributed by atoms with Crippen LogP contribution in [0.3, 0.4) is 0 Å². The van der Waals surface area contributed by atoms with E-state index in [9.17, 15) is 9.59 Å². The van der Waals surface area contributed by atoms with Gasteiger partial charge in [-0.05, 0) is 37.5 Å². The number of benzene rings is 1. The van der Waals surface area contributed by atoms with Crippen LogP contribution in [-0.2, 0) is 9.53 Å². The zero-order chi connectivity index (χ0) is 14.4. The number of ether oxygens (including phenoxy) is 1. The molecule has 0 aliphatic carbocycles. The van der Waals surface area contributed by atoms with Crippen molar-refractivity contribution >= 4 is 11.9 Å². The van der Waals surface area contributed by atoms with E-state index in [-0.39, 0.29) is 5.91 Å². The zero-order valence-corrected chi connectivity index (χ0v) is 11.9. The maximum absolute atomic E-state index is 11.9. The number of hydrogen-bond donors (Lipinski definition) is 1. The molecule has 0 fully saturated rings. The van der Waals surface area contributed by atoms with Crippen LogP contribution in [-0.4, -0.2) is 24.5 Å². The van der Waals surface area contributed by atoms with Crippen LogP contribution in [0.25, 0.3) is 0 Å². The SMILES string of the molecule is CCOC(=O)C(C)NC(=O)c1ccc(C(C)C)cc1. The fraction of sp³-hybridized carbons (Fsp3) is 0.467. The van der Waals surface area contributed by atoms with Crippen LogP contribution in [0.1, 0.15) is 49.5 Å². The average molecular weight is 263 g/mol. The highest BCUT2D eigenvalue weighted by Gasteiger charge is 2.17. The van der Waals surface area contributed by atoms with Crippen LogP contribution in [0.15, 0.2) is 24.3 Å². The van der Waals surface area contributed by atoms with Crippen LogP contribution in [0.2, 0.25) is 0 Å². The quantitative estimate of drug-likeness (QED) is 0.830. The molecule has 104 valence electrons. The van der Waals surface area contributed by atoms with Gasteiger partial charge in [0.1, 0.15) is 6.04 Å². The van der Waals surface area contributed by atoms with Gasteiger partial charge in [0.25, 0.3) is 5.91 Å². The molecule has 0 spiro atoms. The number of hydrogen-bond acceptors (Lipinski definition) is 3. The number of rotatable bonds is 5. The Balaban J connectivity index is 2.65. The normalized spacial score (nSPS) is 12.1. The van der Waals surface area contributed by atoms with Crippen LogP contribution in [0.5, 0.6) is 0 Å². The van der Waals surface area contributed by atoms with Gasteiger partial charge in [-0.25, -0.2) is 4.79 Å². The van der Waals surface area contributed by atoms with Crippen molar-refractivity contribution < 1.29 is 14.3 Å². The van der Waals surface area contributed by atoms with E-state index in [1.54, 1.807) is 26.0 Å². The lowest BCUT2D eigenvalue weighted by molar-refractivity contribution is -0.144. The summed E-state index contributed by atoms with van der Waals surface area (Å²) in [5.74, 6) is -0.263. The number of carbonyl (C=O) groups excluding carboxylic acids is 2. The fourth-order valence-corrected chi connectivity index (χ4v) is 1.63. The lowest BCUT2D eigenvalue weighted by atomic mass is 10.0. The standard InChI is InChI=1S/C15H21NO3/c1-5-19-15(18)11(4)16-14(17)13-8-6-12(7-9-13)10(2)3/h6-11H,5H2,1-4H3,(H,16,17). The summed E-state index contributed by atoms with van der Waals surface area (Å²) in [4.78, 5) is 23.3. The Morgan fingerprint density at radius 2 is 1.74 bits per heavy atom. The molecule has 0 saturated carbocycles. The Hall–Kier alpha value is -1.84. The van der Waals surface area contributed by atoms with Crippen molar-refractivity contribution in [3.8, 4) is 0 Å². The highest BCUT2D eigenvalue weighted by molar-refractivity contribution is 5.96. The lowest BCUT2D eigenvalue weighted by Crippen LogP contribution is -2.39. The van der Waals surface area contributed by atoms with Crippen molar-refractivity contribution in [1.82, 2.24) is 5.32 Å². The van der Waals surface area contributed by atoms with Crippen molar-refractivity contribution in [2.45, 2.75) is 39.7 Å². The minimum atomic E-state index is -0.641. The van der Waals surface area contributed by atoms with Crippen molar-refractivity contribution in [3.05, 3.63) is 35.4 Å². The van der Waals surface area contributed by atoms with Gasteiger partial charge in [-0.15, -0.1) is 0 Å². The molecule has 19 heavy (non-hydrogen) atoms. The Morgan fingerprint density at radius 3 is 2.21 bits per heavy atom. The smallest absolute Gasteiger partial charge is 0.328 e. The summed E-state index contributed by atoms with van der Waals surface area (Å²) in [5, 5.41) is 2.62. The van der Waals surface area contributed by atoms with Gasteiger partial charge >= 0.3 is 5.97 Å². The van der Waals surface area contributed by atoms with Crippen molar-refractivity contribution in [1.29, 1.82) is 0 Å². The lowest BCUT2D eigenvalue weighted by Gasteiger charge is -2.13. The highest BCUT2D eigenvalue weighted by atomic mass is 16.5. The third kappa shape index (κ3) is 4.39. The predicted octanol–water partition coefficient (Wildman–Crippen LogP) is 2.49. The number of esters is 1. The molecule has 0 saturated heterocycles. The maximum Gasteiger partial charge on any atom is 0.328 e. The molecule has 0 heterocycles. The van der Waals surface area contributed by atoms with E-state index in [4.69, 9.17) is 4.74 Å². The first kappa shape index (κ1) is 15.2. The molecule has 0 aromatic heterocycles. The maximum atomic E-state index is 11.9. The van der Waals surface area contributed by atoms with E-state index in [1.807, 2.05) is 12.1 Å². The molecule has 4 heteroatoms. The molecule has 1 unspecified atom stereocenters. The molecular formula is C15H21NO3. The van der Waals surface area contributed by atoms with Gasteiger partial charge in [-0.1, -0.05) is 26.0 Å². The summed E-state index contributed by atoms with van der Waals surface area (Å²) < 4.78 is 4.84. The molecule has 0 aliphatic heterocycles. The molecule has 1 aromatic rings. The van der Waals surface area contributed by atoms with Crippen molar-refractivity contribution in [2.75, 3.05) is 6.61 Å². The number of carbonyl (C=O) groups is 2. The molecule has 1 atom stereocenters. The third-order valence-corrected chi connectivity index (χ3v) is 2.83. The molecule has 1 N–H and O–H groups in total. The predicted molar refractivity (Wildman–Crippen MR) is 74.1 cm³/mol. The molecule has 0 radical (unpaired) electrons. The second kappa shape index (κ2) is 6.92. The van der Waals surface area contributed by atoms with Gasteiger partial charge in [0.2, 0.25) is 0 Å². The van der Waals surface area contributed by atoms with Crippen LogP contribution in [0.4, 0.5) is 0 Å². The van der Waals surface area contributed by atoms with E-state index in [0.29, 0.717) is 18.1 Å². The van der Waals surface area contributed by atoms with E-state index in [2.05, 4.69) is 19.2 Å². The topological polar surface area (TPSA) is 55.4 Å². The minimum absolute atomic E-state index is 0.268. The summed E-state index contributed by atoms with van der Waals surface area (Å²) in [6.45, 7) is 7.84. The zero-order valence-electron chi connectivity index (χ0n) is 11.9. The van der Waals surface area contributed by atoms with Gasteiger partial charge < -0.3 is 10.1 Å². The number of amides is 1. The average Bonchev–Trinajstić information content (AvgIpc) is 2.38. The Kier molecular flexibility index (Phi) is 5.55. The van der Waals surface area contributed by atoms with Crippen molar-refractivity contribution in [2.24, 2.45) is 0 Å². The minimum Gasteiger partial charge on any atom is -0.464 e. The monoisotopic (exact) mass is 263 g/mol. The first-order valence-corrected chi connectivity index (χ1v) is 6.53. The van der Waals surface area contributed by atoms with E-state index >= 15 is 0 Å². The van der Waals surface area contributed by atoms with Crippen LogP contribution in [0, 0.1) is 0 Å². The molecule has 1 amide bonds. The van der Waals surface area contributed by atoms with E-state index in [1.165, 1.54) is 5.56 Å². The molecule has 0 aliphatic rings. The van der Waals surface area contributed by atoms with Gasteiger partial charge in [0.15, 0.2) is 0 Å². The summed E-state index contributed by atoms with van der Waals surface area (Å²) >= 11 is 0. The highest BCUT2D eigenvalue weighted by Crippen LogP contribution is 2.14. The van der Waals surface area contributed by atoms with Gasteiger partial charge in [0, 0.05) is 5.56 Å². The molecular weight excluding hydrogens is 242 g/mol. The molecule has 1 aromatic carbocycles. The summed E-state index contributed by atoms with van der Waals surface area (Å²) in [7, 11) is 0. The van der Waals surface area contributed by atoms with Crippen LogP contribution >= 0.6 is 0 Å². The van der Waals surface area contributed by atoms with E-state index in [0.717, 1.165) is 0 Å². The first-order valence-electron chi connectivity index (χ1n) is 6.53. The molecule has 0 bridgehead atoms. The second-order valence-electron chi connectivity index (χ2n) is 4.72. The third-order valence-electron chi connectivity index (χ3n) is 2.83. The fourth-order valence-electron chi connectivity index (χ4n) is 1.63. The largest absolute Gasteiger partial charge is 0.464 e. The van der Waals surface area contributed by atoms with Crippen LogP contribution < -0.4 is 5.32 Å². The summed E-state index contributed by atoms with van der Waals surface area (Å²) in [6.07, 6.45) is 0. The Morgan fingerprint density at radius 1 is 1.16 bits per heavy atom. The van der Waals surface area contributed by atoms with Gasteiger partial charge in [0.05, 0.1) is 6.61 Å². The Bertz CT molecular complexity index is 437. The number of nitrogens with one attached hydrogen (secondary N) is 1. The summed E-state index contributed by atoms with van der Waals surface area (Å²) in [5.41, 5.74) is 1.72. The molecule has 1 rings (SSSR count). The van der Waals surface area contributed by atoms with Gasteiger partial charge in [-0.3, -0.25) is 4.79 Å². The van der Waals surface area contributed by atoms with E-state index < -0.39 is 12.0 Å².